The number of non-ortho nitro benzene ring substituents is 1. The van der Waals surface area contributed by atoms with Crippen molar-refractivity contribution >= 4 is 28.1 Å². The number of aromatic nitrogens is 1. The topological polar surface area (TPSA) is 80.4 Å². The lowest BCUT2D eigenvalue weighted by atomic mass is 10.1. The van der Waals surface area contributed by atoms with E-state index in [9.17, 15) is 10.1 Å². The molecule has 0 unspecified atom stereocenters. The van der Waals surface area contributed by atoms with Gasteiger partial charge in [-0.25, -0.2) is 4.98 Å². The Balaban J connectivity index is 1.83. The predicted octanol–water partition coefficient (Wildman–Crippen LogP) is 3.98. The first-order valence-electron chi connectivity index (χ1n) is 7.04. The molecule has 0 fully saturated rings. The van der Waals surface area contributed by atoms with Crippen LogP contribution in [0.5, 0.6) is 0 Å². The van der Waals surface area contributed by atoms with Crippen LogP contribution in [-0.2, 0) is 0 Å². The lowest BCUT2D eigenvalue weighted by Gasteiger charge is -2.04. The molecule has 0 saturated carbocycles. The normalized spacial score (nSPS) is 11.4. The van der Waals surface area contributed by atoms with Gasteiger partial charge in [-0.1, -0.05) is 30.3 Å². The van der Waals surface area contributed by atoms with E-state index in [-0.39, 0.29) is 5.69 Å². The Hall–Kier alpha value is -3.28. The van der Waals surface area contributed by atoms with E-state index in [0.717, 1.165) is 10.9 Å². The summed E-state index contributed by atoms with van der Waals surface area (Å²) in [5.41, 5.74) is 5.14. The number of pyridine rings is 1. The summed E-state index contributed by atoms with van der Waals surface area (Å²) < 4.78 is 0. The number of benzene rings is 2. The highest BCUT2D eigenvalue weighted by atomic mass is 16.6. The van der Waals surface area contributed by atoms with Crippen LogP contribution >= 0.6 is 0 Å². The van der Waals surface area contributed by atoms with Crippen molar-refractivity contribution < 1.29 is 4.92 Å². The molecule has 0 radical (unpaired) electrons. The van der Waals surface area contributed by atoms with E-state index in [1.165, 1.54) is 12.1 Å². The summed E-state index contributed by atoms with van der Waals surface area (Å²) in [6, 6.07) is 18.0. The number of fused-ring (bicyclic) bond motifs is 1. The standard InChI is InChI=1S/C17H14N4O2/c1-12(14-6-4-7-15(11-14)21(22)23)19-20-17-10-9-13-5-2-3-8-16(13)18-17/h2-11H,1H3,(H,18,20)/b19-12+. The lowest BCUT2D eigenvalue weighted by Crippen LogP contribution is -2.01. The molecule has 0 aliphatic heterocycles. The summed E-state index contributed by atoms with van der Waals surface area (Å²) in [5, 5.41) is 16.1. The number of nitrogens with one attached hydrogen (secondary N) is 1. The second-order valence-corrected chi connectivity index (χ2v) is 5.01. The molecule has 0 atom stereocenters. The summed E-state index contributed by atoms with van der Waals surface area (Å²) in [6.07, 6.45) is 0. The van der Waals surface area contributed by atoms with Gasteiger partial charge in [0, 0.05) is 23.1 Å². The summed E-state index contributed by atoms with van der Waals surface area (Å²) in [6.45, 7) is 1.78. The van der Waals surface area contributed by atoms with Crippen LogP contribution in [0.3, 0.4) is 0 Å². The minimum Gasteiger partial charge on any atom is -0.261 e. The average Bonchev–Trinajstić information content (AvgIpc) is 2.59. The summed E-state index contributed by atoms with van der Waals surface area (Å²) >= 11 is 0. The van der Waals surface area contributed by atoms with Crippen LogP contribution in [0.15, 0.2) is 65.8 Å². The second kappa shape index (κ2) is 6.23. The van der Waals surface area contributed by atoms with Crippen LogP contribution in [0, 0.1) is 10.1 Å². The van der Waals surface area contributed by atoms with Crippen LogP contribution in [0.25, 0.3) is 10.9 Å². The van der Waals surface area contributed by atoms with Crippen molar-refractivity contribution in [1.82, 2.24) is 4.98 Å². The van der Waals surface area contributed by atoms with Crippen LogP contribution in [-0.4, -0.2) is 15.6 Å². The maximum absolute atomic E-state index is 10.8. The first-order valence-corrected chi connectivity index (χ1v) is 7.04. The molecule has 1 N–H and O–H groups in total. The average molecular weight is 306 g/mol. The second-order valence-electron chi connectivity index (χ2n) is 5.01. The van der Waals surface area contributed by atoms with Gasteiger partial charge in [0.15, 0.2) is 0 Å². The number of hydrazone groups is 1. The molecule has 1 aromatic heterocycles. The largest absolute Gasteiger partial charge is 0.270 e. The van der Waals surface area contributed by atoms with Gasteiger partial charge >= 0.3 is 0 Å². The van der Waals surface area contributed by atoms with Crippen LogP contribution in [0.2, 0.25) is 0 Å². The third-order valence-electron chi connectivity index (χ3n) is 3.41. The smallest absolute Gasteiger partial charge is 0.261 e. The van der Waals surface area contributed by atoms with Crippen LogP contribution < -0.4 is 5.43 Å². The van der Waals surface area contributed by atoms with Gasteiger partial charge in [0.25, 0.3) is 5.69 Å². The monoisotopic (exact) mass is 306 g/mol. The van der Waals surface area contributed by atoms with E-state index in [0.29, 0.717) is 17.1 Å². The molecule has 6 heteroatoms. The fraction of sp³-hybridized carbons (Fsp3) is 0.0588. The van der Waals surface area contributed by atoms with Crippen molar-refractivity contribution in [1.29, 1.82) is 0 Å². The Kier molecular flexibility index (Phi) is 3.97. The third kappa shape index (κ3) is 3.32. The number of anilines is 1. The van der Waals surface area contributed by atoms with Gasteiger partial charge < -0.3 is 0 Å². The quantitative estimate of drug-likeness (QED) is 0.449. The third-order valence-corrected chi connectivity index (χ3v) is 3.41. The number of rotatable bonds is 4. The summed E-state index contributed by atoms with van der Waals surface area (Å²) in [5.74, 6) is 0.619. The van der Waals surface area contributed by atoms with Crippen molar-refractivity contribution in [2.45, 2.75) is 6.92 Å². The van der Waals surface area contributed by atoms with Crippen LogP contribution in [0.4, 0.5) is 11.5 Å². The zero-order chi connectivity index (χ0) is 16.2. The molecule has 2 aromatic carbocycles. The minimum absolute atomic E-state index is 0.0425. The Morgan fingerprint density at radius 1 is 1.13 bits per heavy atom. The number of para-hydroxylation sites is 1. The predicted molar refractivity (Wildman–Crippen MR) is 90.7 cm³/mol. The number of nitrogens with zero attached hydrogens (tertiary/aromatic N) is 3. The molecule has 0 spiro atoms. The Morgan fingerprint density at radius 3 is 2.78 bits per heavy atom. The molecule has 0 aliphatic rings. The number of nitro groups is 1. The fourth-order valence-corrected chi connectivity index (χ4v) is 2.18. The van der Waals surface area contributed by atoms with Gasteiger partial charge in [-0.2, -0.15) is 5.10 Å². The van der Waals surface area contributed by atoms with E-state index in [1.807, 2.05) is 36.4 Å². The summed E-state index contributed by atoms with van der Waals surface area (Å²) in [7, 11) is 0. The van der Waals surface area contributed by atoms with Crippen molar-refractivity contribution in [3.05, 3.63) is 76.3 Å². The highest BCUT2D eigenvalue weighted by Gasteiger charge is 2.07. The molecule has 0 bridgehead atoms. The highest BCUT2D eigenvalue weighted by molar-refractivity contribution is 5.99. The lowest BCUT2D eigenvalue weighted by molar-refractivity contribution is -0.384. The Bertz CT molecular complexity index is 906. The van der Waals surface area contributed by atoms with Crippen molar-refractivity contribution in [2.24, 2.45) is 5.10 Å². The molecular weight excluding hydrogens is 292 g/mol. The van der Waals surface area contributed by atoms with Crippen molar-refractivity contribution in [3.63, 3.8) is 0 Å². The van der Waals surface area contributed by atoms with Gasteiger partial charge in [-0.15, -0.1) is 0 Å². The van der Waals surface area contributed by atoms with Gasteiger partial charge in [0.05, 0.1) is 16.2 Å². The molecule has 6 nitrogen and oxygen atoms in total. The Morgan fingerprint density at radius 2 is 1.96 bits per heavy atom. The minimum atomic E-state index is -0.422. The maximum atomic E-state index is 10.8. The Labute approximate surface area is 132 Å². The van der Waals surface area contributed by atoms with Gasteiger partial charge in [0.1, 0.15) is 5.82 Å². The molecule has 114 valence electrons. The zero-order valence-corrected chi connectivity index (χ0v) is 12.4. The van der Waals surface area contributed by atoms with E-state index >= 15 is 0 Å². The molecule has 23 heavy (non-hydrogen) atoms. The van der Waals surface area contributed by atoms with Crippen molar-refractivity contribution in [2.75, 3.05) is 5.43 Å². The molecule has 1 heterocycles. The molecule has 0 saturated heterocycles. The molecule has 3 aromatic rings. The maximum Gasteiger partial charge on any atom is 0.270 e. The first kappa shape index (κ1) is 14.6. The molecule has 0 amide bonds. The van der Waals surface area contributed by atoms with E-state index in [2.05, 4.69) is 15.5 Å². The summed E-state index contributed by atoms with van der Waals surface area (Å²) in [4.78, 5) is 14.9. The first-order chi connectivity index (χ1) is 11.1. The molecular formula is C17H14N4O2. The van der Waals surface area contributed by atoms with E-state index in [1.54, 1.807) is 19.1 Å². The van der Waals surface area contributed by atoms with E-state index in [4.69, 9.17) is 0 Å². The highest BCUT2D eigenvalue weighted by Crippen LogP contribution is 2.16. The number of hydrogen-bond donors (Lipinski definition) is 1. The number of hydrogen-bond acceptors (Lipinski definition) is 5. The van der Waals surface area contributed by atoms with Gasteiger partial charge in [0.2, 0.25) is 0 Å². The van der Waals surface area contributed by atoms with Gasteiger partial charge in [-0.3, -0.25) is 15.5 Å². The SMILES string of the molecule is C/C(=N\Nc1ccc2ccccc2n1)c1cccc([N+](=O)[O-])c1. The molecule has 0 aliphatic carbocycles. The van der Waals surface area contributed by atoms with Gasteiger partial charge in [-0.05, 0) is 25.1 Å². The fourth-order valence-electron chi connectivity index (χ4n) is 2.18. The van der Waals surface area contributed by atoms with Crippen molar-refractivity contribution in [3.8, 4) is 0 Å². The van der Waals surface area contributed by atoms with Crippen LogP contribution in [0.1, 0.15) is 12.5 Å². The molecule has 3 rings (SSSR count). The zero-order valence-electron chi connectivity index (χ0n) is 12.4. The number of nitro benzene ring substituents is 1. The van der Waals surface area contributed by atoms with E-state index < -0.39 is 4.92 Å².